The molecular weight excluding hydrogens is 280 g/mol. The van der Waals surface area contributed by atoms with Gasteiger partial charge in [0.05, 0.1) is 0 Å². The van der Waals surface area contributed by atoms with Crippen molar-refractivity contribution in [2.75, 3.05) is 53.4 Å². The lowest BCUT2D eigenvalue weighted by Crippen LogP contribution is -2.56. The third kappa shape index (κ3) is 5.96. The highest BCUT2D eigenvalue weighted by Gasteiger charge is 2.24. The molecule has 1 aliphatic rings. The van der Waals surface area contributed by atoms with E-state index in [4.69, 9.17) is 10.2 Å². The highest BCUT2D eigenvalue weighted by molar-refractivity contribution is 5.84. The smallest absolute Gasteiger partial charge is 0.323 e. The van der Waals surface area contributed by atoms with Crippen molar-refractivity contribution >= 4 is 18.0 Å². The highest BCUT2D eigenvalue weighted by Crippen LogP contribution is 2.05. The molecule has 1 saturated heterocycles. The van der Waals surface area contributed by atoms with Crippen molar-refractivity contribution < 1.29 is 24.6 Å². The van der Waals surface area contributed by atoms with Crippen molar-refractivity contribution in [2.45, 2.75) is 6.04 Å². The molecule has 9 heteroatoms. The average molecular weight is 302 g/mol. The number of hydrogen-bond acceptors (Lipinski definition) is 5. The Balaban J connectivity index is 2.52. The highest BCUT2D eigenvalue weighted by atomic mass is 16.4. The first-order valence-electron chi connectivity index (χ1n) is 6.64. The summed E-state index contributed by atoms with van der Waals surface area (Å²) in [6.07, 6.45) is 0. The van der Waals surface area contributed by atoms with Crippen LogP contribution in [0, 0.1) is 0 Å². The van der Waals surface area contributed by atoms with Gasteiger partial charge in [-0.15, -0.1) is 0 Å². The van der Waals surface area contributed by atoms with Gasteiger partial charge in [-0.2, -0.15) is 0 Å². The van der Waals surface area contributed by atoms with Crippen molar-refractivity contribution in [1.29, 1.82) is 0 Å². The number of rotatable bonds is 6. The van der Waals surface area contributed by atoms with Gasteiger partial charge < -0.3 is 25.3 Å². The average Bonchev–Trinajstić information content (AvgIpc) is 2.37. The number of carbonyl (C=O) groups excluding carboxylic acids is 1. The SMILES string of the molecule is CN1CCN(C)C(CNC(=O)N(CC(=O)O)CC(=O)O)C1. The molecule has 9 nitrogen and oxygen atoms in total. The number of likely N-dealkylation sites (N-methyl/N-ethyl adjacent to an activating group) is 2. The zero-order valence-corrected chi connectivity index (χ0v) is 12.3. The van der Waals surface area contributed by atoms with E-state index < -0.39 is 31.1 Å². The zero-order chi connectivity index (χ0) is 16.0. The predicted octanol–water partition coefficient (Wildman–Crippen LogP) is -1.59. The maximum absolute atomic E-state index is 11.9. The molecule has 1 fully saturated rings. The van der Waals surface area contributed by atoms with E-state index in [2.05, 4.69) is 15.1 Å². The van der Waals surface area contributed by atoms with Crippen LogP contribution in [0.15, 0.2) is 0 Å². The molecule has 1 aliphatic heterocycles. The summed E-state index contributed by atoms with van der Waals surface area (Å²) in [5.74, 6) is -2.50. The zero-order valence-electron chi connectivity index (χ0n) is 12.3. The minimum absolute atomic E-state index is 0.115. The van der Waals surface area contributed by atoms with Gasteiger partial charge in [0.25, 0.3) is 0 Å². The molecule has 21 heavy (non-hydrogen) atoms. The Morgan fingerprint density at radius 1 is 1.14 bits per heavy atom. The number of nitrogens with one attached hydrogen (secondary N) is 1. The molecule has 2 amide bonds. The van der Waals surface area contributed by atoms with Crippen LogP contribution in [0.4, 0.5) is 4.79 Å². The molecule has 1 atom stereocenters. The van der Waals surface area contributed by atoms with Crippen molar-refractivity contribution in [3.8, 4) is 0 Å². The van der Waals surface area contributed by atoms with Crippen LogP contribution in [0.3, 0.4) is 0 Å². The molecule has 0 spiro atoms. The molecule has 0 aromatic rings. The minimum Gasteiger partial charge on any atom is -0.480 e. The van der Waals surface area contributed by atoms with Crippen LogP contribution in [0.5, 0.6) is 0 Å². The molecule has 1 unspecified atom stereocenters. The van der Waals surface area contributed by atoms with E-state index in [1.165, 1.54) is 0 Å². The Morgan fingerprint density at radius 2 is 1.71 bits per heavy atom. The molecule has 120 valence electrons. The third-order valence-electron chi connectivity index (χ3n) is 3.41. The maximum atomic E-state index is 11.9. The first kappa shape index (κ1) is 17.2. The van der Waals surface area contributed by atoms with Gasteiger partial charge in [0.2, 0.25) is 0 Å². The summed E-state index contributed by atoms with van der Waals surface area (Å²) in [7, 11) is 3.94. The molecule has 0 aromatic heterocycles. The van der Waals surface area contributed by atoms with Gasteiger partial charge in [-0.25, -0.2) is 4.79 Å². The molecule has 0 aliphatic carbocycles. The normalized spacial score (nSPS) is 20.0. The number of amides is 2. The van der Waals surface area contributed by atoms with Crippen LogP contribution in [0.2, 0.25) is 0 Å². The molecule has 0 radical (unpaired) electrons. The fourth-order valence-electron chi connectivity index (χ4n) is 2.16. The lowest BCUT2D eigenvalue weighted by Gasteiger charge is -2.38. The van der Waals surface area contributed by atoms with Crippen LogP contribution in [0.1, 0.15) is 0 Å². The molecule has 0 bridgehead atoms. The van der Waals surface area contributed by atoms with Crippen LogP contribution >= 0.6 is 0 Å². The van der Waals surface area contributed by atoms with E-state index >= 15 is 0 Å². The van der Waals surface area contributed by atoms with Crippen LogP contribution in [-0.4, -0.2) is 102 Å². The van der Waals surface area contributed by atoms with Gasteiger partial charge in [0.15, 0.2) is 0 Å². The van der Waals surface area contributed by atoms with Gasteiger partial charge in [0, 0.05) is 32.2 Å². The fraction of sp³-hybridized carbons (Fsp3) is 0.750. The lowest BCUT2D eigenvalue weighted by atomic mass is 10.2. The Bertz CT molecular complexity index is 387. The quantitative estimate of drug-likeness (QED) is 0.542. The van der Waals surface area contributed by atoms with Gasteiger partial charge in [-0.1, -0.05) is 0 Å². The number of carboxylic acids is 2. The second-order valence-corrected chi connectivity index (χ2v) is 5.23. The number of hydrogen-bond donors (Lipinski definition) is 3. The molecule has 3 N–H and O–H groups in total. The summed E-state index contributed by atoms with van der Waals surface area (Å²) in [5.41, 5.74) is 0. The fourth-order valence-corrected chi connectivity index (χ4v) is 2.16. The summed E-state index contributed by atoms with van der Waals surface area (Å²) in [6, 6.07) is -0.564. The summed E-state index contributed by atoms with van der Waals surface area (Å²) in [6.45, 7) is 1.68. The maximum Gasteiger partial charge on any atom is 0.323 e. The lowest BCUT2D eigenvalue weighted by molar-refractivity contribution is -0.140. The predicted molar refractivity (Wildman–Crippen MR) is 74.2 cm³/mol. The van der Waals surface area contributed by atoms with Crippen molar-refractivity contribution in [3.05, 3.63) is 0 Å². The van der Waals surface area contributed by atoms with Gasteiger partial charge >= 0.3 is 18.0 Å². The summed E-state index contributed by atoms with van der Waals surface area (Å²) in [5, 5.41) is 20.0. The van der Waals surface area contributed by atoms with E-state index in [-0.39, 0.29) is 6.04 Å². The number of carbonyl (C=O) groups is 3. The largest absolute Gasteiger partial charge is 0.480 e. The van der Waals surface area contributed by atoms with Crippen LogP contribution in [-0.2, 0) is 9.59 Å². The van der Waals surface area contributed by atoms with Crippen molar-refractivity contribution in [1.82, 2.24) is 20.0 Å². The van der Waals surface area contributed by atoms with E-state index in [1.54, 1.807) is 0 Å². The third-order valence-corrected chi connectivity index (χ3v) is 3.41. The molecule has 1 heterocycles. The number of piperazine rings is 1. The molecule has 0 saturated carbocycles. The van der Waals surface area contributed by atoms with E-state index in [0.29, 0.717) is 6.54 Å². The van der Waals surface area contributed by atoms with Gasteiger partial charge in [-0.05, 0) is 14.1 Å². The monoisotopic (exact) mass is 302 g/mol. The summed E-state index contributed by atoms with van der Waals surface area (Å²) < 4.78 is 0. The van der Waals surface area contributed by atoms with E-state index in [0.717, 1.165) is 24.5 Å². The second-order valence-electron chi connectivity index (χ2n) is 5.23. The number of aliphatic carboxylic acids is 2. The van der Waals surface area contributed by atoms with Crippen molar-refractivity contribution in [3.63, 3.8) is 0 Å². The molecule has 1 rings (SSSR count). The van der Waals surface area contributed by atoms with Crippen LogP contribution in [0.25, 0.3) is 0 Å². The Kier molecular flexibility index (Phi) is 6.38. The van der Waals surface area contributed by atoms with Crippen LogP contribution < -0.4 is 5.32 Å². The Labute approximate surface area is 123 Å². The molecular formula is C12H22N4O5. The van der Waals surface area contributed by atoms with Gasteiger partial charge in [-0.3, -0.25) is 14.5 Å². The Morgan fingerprint density at radius 3 is 2.24 bits per heavy atom. The first-order chi connectivity index (χ1) is 9.79. The minimum atomic E-state index is -1.25. The Hall–Kier alpha value is -1.87. The topological polar surface area (TPSA) is 113 Å². The van der Waals surface area contributed by atoms with E-state index in [1.807, 2.05) is 14.1 Å². The number of nitrogens with zero attached hydrogens (tertiary/aromatic N) is 3. The number of carboxylic acid groups (broad SMARTS) is 2. The molecule has 0 aromatic carbocycles. The van der Waals surface area contributed by atoms with Crippen molar-refractivity contribution in [2.24, 2.45) is 0 Å². The second kappa shape index (κ2) is 7.79. The number of urea groups is 1. The van der Waals surface area contributed by atoms with E-state index in [9.17, 15) is 14.4 Å². The summed E-state index contributed by atoms with van der Waals surface area (Å²) >= 11 is 0. The summed E-state index contributed by atoms with van der Waals surface area (Å²) in [4.78, 5) is 38.2. The standard InChI is InChI=1S/C12H22N4O5/c1-14-3-4-15(2)9(6-14)5-13-12(21)16(7-10(17)18)8-11(19)20/h9H,3-8H2,1-2H3,(H,13,21)(H,17,18)(H,19,20). The first-order valence-corrected chi connectivity index (χ1v) is 6.64. The van der Waals surface area contributed by atoms with Gasteiger partial charge in [0.1, 0.15) is 13.1 Å².